The fourth-order valence-corrected chi connectivity index (χ4v) is 2.84. The maximum Gasteiger partial charge on any atom is 0.126 e. The first-order valence-corrected chi connectivity index (χ1v) is 7.62. The van der Waals surface area contributed by atoms with Crippen LogP contribution in [0.15, 0.2) is 30.3 Å². The Hall–Kier alpha value is -1.88. The predicted molar refractivity (Wildman–Crippen MR) is 89.2 cm³/mol. The van der Waals surface area contributed by atoms with Gasteiger partial charge in [-0.05, 0) is 35.7 Å². The van der Waals surface area contributed by atoms with Crippen molar-refractivity contribution in [2.45, 2.75) is 46.0 Å². The van der Waals surface area contributed by atoms with Crippen molar-refractivity contribution in [3.63, 3.8) is 0 Å². The summed E-state index contributed by atoms with van der Waals surface area (Å²) in [5.74, 6) is -0.0603. The minimum absolute atomic E-state index is 0.0237. The summed E-state index contributed by atoms with van der Waals surface area (Å²) in [6, 6.07) is 9.47. The molecule has 0 atom stereocenters. The van der Waals surface area contributed by atoms with E-state index < -0.39 is 5.41 Å². The Labute approximate surface area is 136 Å². The van der Waals surface area contributed by atoms with Crippen molar-refractivity contribution < 1.29 is 20.4 Å². The van der Waals surface area contributed by atoms with Crippen molar-refractivity contribution in [3.8, 4) is 5.75 Å². The molecule has 4 heteroatoms. The second kappa shape index (κ2) is 6.71. The van der Waals surface area contributed by atoms with Crippen molar-refractivity contribution in [3.05, 3.63) is 63.7 Å². The van der Waals surface area contributed by atoms with Gasteiger partial charge in [0, 0.05) is 16.5 Å². The number of aryl methyl sites for hydroxylation is 1. The van der Waals surface area contributed by atoms with Gasteiger partial charge in [-0.25, -0.2) is 0 Å². The molecule has 124 valence electrons. The number of hydrogen-bond donors (Lipinski definition) is 4. The van der Waals surface area contributed by atoms with E-state index in [1.54, 1.807) is 12.1 Å². The molecule has 2 aromatic rings. The zero-order valence-electron chi connectivity index (χ0n) is 13.8. The van der Waals surface area contributed by atoms with E-state index >= 15 is 0 Å². The first kappa shape index (κ1) is 17.5. The highest BCUT2D eigenvalue weighted by Gasteiger charge is 2.26. The second-order valence-corrected chi connectivity index (χ2v) is 6.45. The molecule has 0 aliphatic carbocycles. The summed E-state index contributed by atoms with van der Waals surface area (Å²) < 4.78 is 0. The molecule has 0 heterocycles. The SMILES string of the molecule is Cc1cc(CO)cc(C(C)(C)c2cc(CO)c(O)c(CO)c2)c1. The average Bonchev–Trinajstić information content (AvgIpc) is 2.54. The average molecular weight is 316 g/mol. The van der Waals surface area contributed by atoms with Crippen LogP contribution in [0.4, 0.5) is 0 Å². The molecular weight excluding hydrogens is 292 g/mol. The molecule has 0 amide bonds. The Morgan fingerprint density at radius 1 is 0.783 bits per heavy atom. The lowest BCUT2D eigenvalue weighted by Gasteiger charge is -2.28. The van der Waals surface area contributed by atoms with Gasteiger partial charge in [-0.2, -0.15) is 0 Å². The molecule has 0 spiro atoms. The smallest absolute Gasteiger partial charge is 0.126 e. The number of hydrogen-bond acceptors (Lipinski definition) is 4. The largest absolute Gasteiger partial charge is 0.507 e. The van der Waals surface area contributed by atoms with Gasteiger partial charge in [-0.1, -0.05) is 37.6 Å². The van der Waals surface area contributed by atoms with Crippen LogP contribution in [-0.2, 0) is 25.2 Å². The van der Waals surface area contributed by atoms with E-state index in [9.17, 15) is 20.4 Å². The van der Waals surface area contributed by atoms with Crippen LogP contribution in [0, 0.1) is 6.92 Å². The zero-order valence-corrected chi connectivity index (χ0v) is 13.8. The normalized spacial score (nSPS) is 11.7. The van der Waals surface area contributed by atoms with Crippen molar-refractivity contribution in [2.75, 3.05) is 0 Å². The molecule has 0 unspecified atom stereocenters. The van der Waals surface area contributed by atoms with Gasteiger partial charge in [0.1, 0.15) is 5.75 Å². The molecule has 0 fully saturated rings. The Kier molecular flexibility index (Phi) is 5.09. The number of aliphatic hydroxyl groups is 3. The van der Waals surface area contributed by atoms with Crippen LogP contribution in [0.1, 0.15) is 47.2 Å². The number of phenols is 1. The Balaban J connectivity index is 2.61. The van der Waals surface area contributed by atoms with Gasteiger partial charge in [-0.3, -0.25) is 0 Å². The van der Waals surface area contributed by atoms with Crippen molar-refractivity contribution >= 4 is 0 Å². The molecule has 0 saturated carbocycles. The third-order valence-electron chi connectivity index (χ3n) is 4.37. The fourth-order valence-electron chi connectivity index (χ4n) is 2.84. The van der Waals surface area contributed by atoms with E-state index in [0.717, 1.165) is 22.3 Å². The lowest BCUT2D eigenvalue weighted by atomic mass is 9.76. The maximum absolute atomic E-state index is 10.0. The predicted octanol–water partition coefficient (Wildman–Crippen LogP) is 2.50. The van der Waals surface area contributed by atoms with Crippen molar-refractivity contribution in [2.24, 2.45) is 0 Å². The van der Waals surface area contributed by atoms with Gasteiger partial charge >= 0.3 is 0 Å². The molecule has 0 bridgehead atoms. The van der Waals surface area contributed by atoms with Crippen LogP contribution in [0.25, 0.3) is 0 Å². The highest BCUT2D eigenvalue weighted by Crippen LogP contribution is 2.36. The van der Waals surface area contributed by atoms with Crippen molar-refractivity contribution in [1.29, 1.82) is 0 Å². The molecule has 2 aromatic carbocycles. The van der Waals surface area contributed by atoms with Crippen LogP contribution in [-0.4, -0.2) is 20.4 Å². The van der Waals surface area contributed by atoms with Gasteiger partial charge in [0.25, 0.3) is 0 Å². The van der Waals surface area contributed by atoms with Crippen LogP contribution in [0.5, 0.6) is 5.75 Å². The van der Waals surface area contributed by atoms with Crippen molar-refractivity contribution in [1.82, 2.24) is 0 Å². The molecular formula is C19H24O4. The summed E-state index contributed by atoms with van der Waals surface area (Å²) in [5, 5.41) is 38.3. The lowest BCUT2D eigenvalue weighted by Crippen LogP contribution is -2.20. The minimum Gasteiger partial charge on any atom is -0.507 e. The molecule has 4 nitrogen and oxygen atoms in total. The van der Waals surface area contributed by atoms with E-state index in [0.29, 0.717) is 11.1 Å². The Bertz CT molecular complexity index is 680. The van der Waals surface area contributed by atoms with E-state index in [2.05, 4.69) is 6.07 Å². The summed E-state index contributed by atoms with van der Waals surface area (Å²) in [4.78, 5) is 0. The summed E-state index contributed by atoms with van der Waals surface area (Å²) >= 11 is 0. The third-order valence-corrected chi connectivity index (χ3v) is 4.37. The summed E-state index contributed by atoms with van der Waals surface area (Å²) in [5.41, 5.74) is 4.21. The zero-order chi connectivity index (χ0) is 17.2. The number of aromatic hydroxyl groups is 1. The van der Waals surface area contributed by atoms with Gasteiger partial charge in [0.05, 0.1) is 19.8 Å². The lowest BCUT2D eigenvalue weighted by molar-refractivity contribution is 0.263. The summed E-state index contributed by atoms with van der Waals surface area (Å²) in [6.07, 6.45) is 0. The van der Waals surface area contributed by atoms with Gasteiger partial charge in [-0.15, -0.1) is 0 Å². The van der Waals surface area contributed by atoms with E-state index in [1.165, 1.54) is 0 Å². The quantitative estimate of drug-likeness (QED) is 0.683. The molecule has 0 saturated heterocycles. The van der Waals surface area contributed by atoms with Crippen LogP contribution in [0.2, 0.25) is 0 Å². The van der Waals surface area contributed by atoms with Gasteiger partial charge in [0.2, 0.25) is 0 Å². The topological polar surface area (TPSA) is 80.9 Å². The van der Waals surface area contributed by atoms with E-state index in [1.807, 2.05) is 32.9 Å². The molecule has 0 aromatic heterocycles. The highest BCUT2D eigenvalue weighted by molar-refractivity contribution is 5.49. The first-order valence-electron chi connectivity index (χ1n) is 7.62. The molecule has 2 rings (SSSR count). The molecule has 0 aliphatic heterocycles. The van der Waals surface area contributed by atoms with Crippen LogP contribution >= 0.6 is 0 Å². The Morgan fingerprint density at radius 3 is 1.78 bits per heavy atom. The van der Waals surface area contributed by atoms with Gasteiger partial charge < -0.3 is 20.4 Å². The number of rotatable bonds is 5. The number of benzene rings is 2. The molecule has 4 N–H and O–H groups in total. The third kappa shape index (κ3) is 3.39. The first-order chi connectivity index (χ1) is 10.8. The highest BCUT2D eigenvalue weighted by atomic mass is 16.3. The van der Waals surface area contributed by atoms with Crippen LogP contribution < -0.4 is 0 Å². The summed E-state index contributed by atoms with van der Waals surface area (Å²) in [6.45, 7) is 5.45. The molecule has 23 heavy (non-hydrogen) atoms. The van der Waals surface area contributed by atoms with E-state index in [-0.39, 0.29) is 25.6 Å². The van der Waals surface area contributed by atoms with E-state index in [4.69, 9.17) is 0 Å². The monoisotopic (exact) mass is 316 g/mol. The fraction of sp³-hybridized carbons (Fsp3) is 0.368. The standard InChI is InChI=1S/C19H24O4/c1-12-4-13(9-20)6-16(5-12)19(2,3)17-7-14(10-21)18(23)15(8-17)11-22/h4-8,20-23H,9-11H2,1-3H3. The summed E-state index contributed by atoms with van der Waals surface area (Å²) in [7, 11) is 0. The van der Waals surface area contributed by atoms with Crippen LogP contribution in [0.3, 0.4) is 0 Å². The van der Waals surface area contributed by atoms with Gasteiger partial charge in [0.15, 0.2) is 0 Å². The Morgan fingerprint density at radius 2 is 1.30 bits per heavy atom. The number of aliphatic hydroxyl groups excluding tert-OH is 3. The molecule has 0 aliphatic rings. The second-order valence-electron chi connectivity index (χ2n) is 6.45. The minimum atomic E-state index is -0.405. The maximum atomic E-state index is 10.0. The molecule has 0 radical (unpaired) electrons.